The maximum absolute atomic E-state index is 12.6. The van der Waals surface area contributed by atoms with E-state index in [0.717, 1.165) is 4.68 Å². The zero-order valence-electron chi connectivity index (χ0n) is 14.1. The Bertz CT molecular complexity index is 611. The van der Waals surface area contributed by atoms with E-state index < -0.39 is 24.6 Å². The van der Waals surface area contributed by atoms with Gasteiger partial charge in [-0.15, -0.1) is 0 Å². The molecule has 0 aromatic carbocycles. The van der Waals surface area contributed by atoms with Crippen molar-refractivity contribution in [2.45, 2.75) is 52.8 Å². The van der Waals surface area contributed by atoms with E-state index in [9.17, 15) is 22.8 Å². The second kappa shape index (κ2) is 7.67. The van der Waals surface area contributed by atoms with E-state index in [4.69, 9.17) is 5.11 Å². The van der Waals surface area contributed by atoms with Gasteiger partial charge < -0.3 is 10.0 Å². The summed E-state index contributed by atoms with van der Waals surface area (Å²) >= 11 is 0. The molecule has 1 N–H and O–H groups in total. The van der Waals surface area contributed by atoms with Gasteiger partial charge in [-0.2, -0.15) is 18.3 Å². The number of hydrogen-bond acceptors (Lipinski definition) is 3. The Hall–Kier alpha value is -2.06. The van der Waals surface area contributed by atoms with Crippen molar-refractivity contribution in [1.29, 1.82) is 0 Å². The zero-order chi connectivity index (χ0) is 18.7. The number of carbonyl (C=O) groups excluding carboxylic acids is 1. The van der Waals surface area contributed by atoms with Gasteiger partial charge in [0.05, 0.1) is 18.0 Å². The van der Waals surface area contributed by atoms with E-state index in [0.29, 0.717) is 23.5 Å². The molecule has 0 fully saturated rings. The second-order valence-corrected chi connectivity index (χ2v) is 5.64. The molecule has 0 saturated heterocycles. The number of amides is 1. The number of aryl methyl sites for hydroxylation is 1. The van der Waals surface area contributed by atoms with Crippen LogP contribution in [0, 0.1) is 13.8 Å². The summed E-state index contributed by atoms with van der Waals surface area (Å²) in [6, 6.07) is 0. The summed E-state index contributed by atoms with van der Waals surface area (Å²) in [5.41, 5.74) is 1.12. The molecular formula is C15H22F3N3O3. The van der Waals surface area contributed by atoms with Crippen molar-refractivity contribution < 1.29 is 27.9 Å². The summed E-state index contributed by atoms with van der Waals surface area (Å²) in [7, 11) is 0. The van der Waals surface area contributed by atoms with E-state index in [2.05, 4.69) is 5.10 Å². The first-order valence-corrected chi connectivity index (χ1v) is 7.59. The Labute approximate surface area is 138 Å². The summed E-state index contributed by atoms with van der Waals surface area (Å²) in [4.78, 5) is 24.6. The summed E-state index contributed by atoms with van der Waals surface area (Å²) in [6.07, 6.45) is -4.58. The van der Waals surface area contributed by atoms with Crippen LogP contribution in [0.5, 0.6) is 0 Å². The molecule has 0 aliphatic carbocycles. The van der Waals surface area contributed by atoms with Crippen molar-refractivity contribution >= 4 is 11.9 Å². The lowest BCUT2D eigenvalue weighted by Crippen LogP contribution is -2.36. The fourth-order valence-electron chi connectivity index (χ4n) is 2.71. The molecule has 136 valence electrons. The van der Waals surface area contributed by atoms with Gasteiger partial charge in [-0.25, -0.2) is 0 Å². The van der Waals surface area contributed by atoms with Gasteiger partial charge in [-0.1, -0.05) is 0 Å². The van der Waals surface area contributed by atoms with Crippen LogP contribution in [0.4, 0.5) is 13.2 Å². The molecular weight excluding hydrogens is 327 g/mol. The molecule has 1 rings (SSSR count). The van der Waals surface area contributed by atoms with Gasteiger partial charge in [-0.3, -0.25) is 14.3 Å². The zero-order valence-corrected chi connectivity index (χ0v) is 14.1. The highest BCUT2D eigenvalue weighted by Gasteiger charge is 2.32. The quantitative estimate of drug-likeness (QED) is 0.821. The average Bonchev–Trinajstić information content (AvgIpc) is 2.70. The molecule has 9 heteroatoms. The number of alkyl halides is 3. The van der Waals surface area contributed by atoms with Gasteiger partial charge in [0.25, 0.3) is 0 Å². The van der Waals surface area contributed by atoms with Crippen molar-refractivity contribution in [2.75, 3.05) is 13.1 Å². The minimum atomic E-state index is -4.40. The number of nitrogens with zero attached hydrogens (tertiary/aromatic N) is 3. The average molecular weight is 349 g/mol. The van der Waals surface area contributed by atoms with Crippen LogP contribution in [0.15, 0.2) is 0 Å². The molecule has 1 amide bonds. The number of rotatable bonds is 7. The van der Waals surface area contributed by atoms with Crippen LogP contribution in [0.1, 0.15) is 43.1 Å². The van der Waals surface area contributed by atoms with E-state index in [-0.39, 0.29) is 18.9 Å². The maximum atomic E-state index is 12.6. The normalized spacial score (nSPS) is 13.0. The van der Waals surface area contributed by atoms with E-state index in [1.54, 1.807) is 20.8 Å². The summed E-state index contributed by atoms with van der Waals surface area (Å²) in [6.45, 7) is 5.55. The monoisotopic (exact) mass is 349 g/mol. The summed E-state index contributed by atoms with van der Waals surface area (Å²) in [5, 5.41) is 12.6. The highest BCUT2D eigenvalue weighted by Crippen LogP contribution is 2.27. The molecule has 1 atom stereocenters. The number of carboxylic acid groups (broad SMARTS) is 1. The van der Waals surface area contributed by atoms with Crippen LogP contribution in [0.3, 0.4) is 0 Å². The lowest BCUT2D eigenvalue weighted by atomic mass is 9.97. The van der Waals surface area contributed by atoms with E-state index >= 15 is 0 Å². The lowest BCUT2D eigenvalue weighted by molar-refractivity contribution is -0.143. The minimum absolute atomic E-state index is 0.0593. The first-order chi connectivity index (χ1) is 11.0. The fourth-order valence-corrected chi connectivity index (χ4v) is 2.71. The molecule has 1 aromatic rings. The summed E-state index contributed by atoms with van der Waals surface area (Å²) < 4.78 is 38.6. The minimum Gasteiger partial charge on any atom is -0.481 e. The molecule has 0 aliphatic rings. The molecule has 0 radical (unpaired) electrons. The smallest absolute Gasteiger partial charge is 0.408 e. The van der Waals surface area contributed by atoms with Gasteiger partial charge in [0.2, 0.25) is 5.91 Å². The SMILES string of the molecule is CCN(CCC(=O)O)C(=O)C(C)c1c(C)nn(CC(F)(F)F)c1C. The Morgan fingerprint density at radius 1 is 1.33 bits per heavy atom. The third-order valence-electron chi connectivity index (χ3n) is 3.86. The van der Waals surface area contributed by atoms with Crippen molar-refractivity contribution in [1.82, 2.24) is 14.7 Å². The number of carboxylic acids is 1. The van der Waals surface area contributed by atoms with Crippen LogP contribution in [-0.2, 0) is 16.1 Å². The fraction of sp³-hybridized carbons (Fsp3) is 0.667. The molecule has 0 bridgehead atoms. The second-order valence-electron chi connectivity index (χ2n) is 5.64. The Morgan fingerprint density at radius 3 is 2.38 bits per heavy atom. The molecule has 1 heterocycles. The standard InChI is InChI=1S/C15H22F3N3O3/c1-5-20(7-6-12(22)23)14(24)9(2)13-10(3)19-21(11(13)4)8-15(16,17)18/h9H,5-8H2,1-4H3,(H,22,23). The Kier molecular flexibility index (Phi) is 6.39. The number of hydrogen-bond donors (Lipinski definition) is 1. The van der Waals surface area contributed by atoms with Gasteiger partial charge in [0, 0.05) is 24.3 Å². The highest BCUT2D eigenvalue weighted by atomic mass is 19.4. The highest BCUT2D eigenvalue weighted by molar-refractivity contribution is 5.84. The van der Waals surface area contributed by atoms with Gasteiger partial charge in [-0.05, 0) is 27.7 Å². The number of likely N-dealkylation sites (N-methyl/N-ethyl adjacent to an activating group) is 1. The number of halogens is 3. The van der Waals surface area contributed by atoms with Gasteiger partial charge >= 0.3 is 12.1 Å². The van der Waals surface area contributed by atoms with Crippen LogP contribution >= 0.6 is 0 Å². The molecule has 6 nitrogen and oxygen atoms in total. The Balaban J connectivity index is 3.03. The van der Waals surface area contributed by atoms with Crippen molar-refractivity contribution in [3.8, 4) is 0 Å². The molecule has 1 unspecified atom stereocenters. The first kappa shape index (κ1) is 20.0. The third-order valence-corrected chi connectivity index (χ3v) is 3.86. The van der Waals surface area contributed by atoms with Gasteiger partial charge in [0.1, 0.15) is 6.54 Å². The maximum Gasteiger partial charge on any atom is 0.408 e. The summed E-state index contributed by atoms with van der Waals surface area (Å²) in [5.74, 6) is -2.03. The van der Waals surface area contributed by atoms with Crippen LogP contribution in [0.25, 0.3) is 0 Å². The van der Waals surface area contributed by atoms with Crippen molar-refractivity contribution in [2.24, 2.45) is 0 Å². The van der Waals surface area contributed by atoms with Crippen LogP contribution in [0.2, 0.25) is 0 Å². The molecule has 24 heavy (non-hydrogen) atoms. The molecule has 1 aromatic heterocycles. The lowest BCUT2D eigenvalue weighted by Gasteiger charge is -2.24. The molecule has 0 spiro atoms. The van der Waals surface area contributed by atoms with E-state index in [1.807, 2.05) is 0 Å². The number of carbonyl (C=O) groups is 2. The molecule has 0 saturated carbocycles. The van der Waals surface area contributed by atoms with Crippen LogP contribution < -0.4 is 0 Å². The topological polar surface area (TPSA) is 75.4 Å². The van der Waals surface area contributed by atoms with Crippen molar-refractivity contribution in [3.63, 3.8) is 0 Å². The van der Waals surface area contributed by atoms with Crippen molar-refractivity contribution in [3.05, 3.63) is 17.0 Å². The number of aliphatic carboxylic acids is 1. The molecule has 0 aliphatic heterocycles. The first-order valence-electron chi connectivity index (χ1n) is 7.59. The third kappa shape index (κ3) is 4.97. The van der Waals surface area contributed by atoms with E-state index in [1.165, 1.54) is 11.8 Å². The number of aromatic nitrogens is 2. The largest absolute Gasteiger partial charge is 0.481 e. The van der Waals surface area contributed by atoms with Gasteiger partial charge in [0.15, 0.2) is 0 Å². The van der Waals surface area contributed by atoms with Crippen LogP contribution in [-0.4, -0.2) is 50.9 Å². The predicted molar refractivity (Wildman–Crippen MR) is 80.7 cm³/mol. The predicted octanol–water partition coefficient (Wildman–Crippen LogP) is 2.49. The Morgan fingerprint density at radius 2 is 1.92 bits per heavy atom.